The number of carboxylic acid groups (broad SMARTS) is 1. The normalized spacial score (nSPS) is 10.2. The number of benzene rings is 1. The largest absolute Gasteiger partial charge is 0.481 e. The molecule has 144 valence electrons. The number of aliphatic carboxylic acids is 1. The number of hydrogen-bond donors (Lipinski definition) is 5. The highest BCUT2D eigenvalue weighted by atomic mass is 32.1. The van der Waals surface area contributed by atoms with Gasteiger partial charge in [0.2, 0.25) is 5.91 Å². The Labute approximate surface area is 160 Å². The number of aromatic nitrogens is 1. The lowest BCUT2D eigenvalue weighted by Crippen LogP contribution is -2.17. The van der Waals surface area contributed by atoms with Crippen LogP contribution in [0.5, 0.6) is 0 Å². The Morgan fingerprint density at radius 2 is 1.96 bits per heavy atom. The van der Waals surface area contributed by atoms with Crippen LogP contribution < -0.4 is 21.3 Å². The molecule has 0 saturated carbocycles. The standard InChI is InChI=1S/C17H21N5O4S/c1-9-16(18-3)27-17(20-9)22-15(26)12-5-4-11(19-7-6-14(24)25)8-13(12)21-10(2)23/h4-5,8,18-19H,6-7H2,1-3H3,(H,21,23)(H,24,25)(H,20,22,26). The molecule has 1 aromatic carbocycles. The lowest BCUT2D eigenvalue weighted by molar-refractivity contribution is -0.136. The summed E-state index contributed by atoms with van der Waals surface area (Å²) in [6.07, 6.45) is -0.0467. The van der Waals surface area contributed by atoms with E-state index in [-0.39, 0.29) is 24.4 Å². The fourth-order valence-corrected chi connectivity index (χ4v) is 3.12. The van der Waals surface area contributed by atoms with Gasteiger partial charge in [0.25, 0.3) is 5.91 Å². The van der Waals surface area contributed by atoms with Crippen LogP contribution in [0.3, 0.4) is 0 Å². The van der Waals surface area contributed by atoms with Crippen molar-refractivity contribution in [3.05, 3.63) is 29.5 Å². The molecule has 0 radical (unpaired) electrons. The van der Waals surface area contributed by atoms with Gasteiger partial charge in [-0.25, -0.2) is 4.98 Å². The van der Waals surface area contributed by atoms with Gasteiger partial charge in [-0.15, -0.1) is 0 Å². The van der Waals surface area contributed by atoms with Gasteiger partial charge in [-0.3, -0.25) is 19.7 Å². The maximum atomic E-state index is 12.6. The minimum Gasteiger partial charge on any atom is -0.481 e. The summed E-state index contributed by atoms with van der Waals surface area (Å²) in [6.45, 7) is 3.40. The van der Waals surface area contributed by atoms with E-state index in [1.54, 1.807) is 25.2 Å². The molecule has 2 rings (SSSR count). The maximum Gasteiger partial charge on any atom is 0.305 e. The van der Waals surface area contributed by atoms with Gasteiger partial charge in [0.05, 0.1) is 23.4 Å². The van der Waals surface area contributed by atoms with E-state index in [2.05, 4.69) is 26.3 Å². The first kappa shape index (κ1) is 20.2. The summed E-state index contributed by atoms with van der Waals surface area (Å²) in [5.74, 6) is -1.65. The molecule has 0 atom stereocenters. The fraction of sp³-hybridized carbons (Fsp3) is 0.294. The van der Waals surface area contributed by atoms with Crippen molar-refractivity contribution in [1.29, 1.82) is 0 Å². The van der Waals surface area contributed by atoms with E-state index >= 15 is 0 Å². The second-order valence-electron chi connectivity index (χ2n) is 5.65. The Morgan fingerprint density at radius 3 is 2.56 bits per heavy atom. The maximum absolute atomic E-state index is 12.6. The van der Waals surface area contributed by atoms with Crippen LogP contribution in [-0.2, 0) is 9.59 Å². The molecule has 10 heteroatoms. The van der Waals surface area contributed by atoms with E-state index in [4.69, 9.17) is 5.11 Å². The number of rotatable bonds is 8. The molecule has 27 heavy (non-hydrogen) atoms. The summed E-state index contributed by atoms with van der Waals surface area (Å²) in [7, 11) is 1.77. The Kier molecular flexibility index (Phi) is 6.72. The molecule has 0 aliphatic rings. The van der Waals surface area contributed by atoms with Crippen molar-refractivity contribution < 1.29 is 19.5 Å². The van der Waals surface area contributed by atoms with Gasteiger partial charge < -0.3 is 21.1 Å². The van der Waals surface area contributed by atoms with Crippen LogP contribution in [0.15, 0.2) is 18.2 Å². The lowest BCUT2D eigenvalue weighted by atomic mass is 10.1. The first-order chi connectivity index (χ1) is 12.8. The summed E-state index contributed by atoms with van der Waals surface area (Å²) in [6, 6.07) is 4.79. The van der Waals surface area contributed by atoms with Crippen molar-refractivity contribution in [2.45, 2.75) is 20.3 Å². The zero-order chi connectivity index (χ0) is 20.0. The number of carboxylic acids is 1. The van der Waals surface area contributed by atoms with E-state index in [1.807, 2.05) is 6.92 Å². The van der Waals surface area contributed by atoms with Gasteiger partial charge in [0.15, 0.2) is 5.13 Å². The van der Waals surface area contributed by atoms with Crippen molar-refractivity contribution in [2.24, 2.45) is 0 Å². The summed E-state index contributed by atoms with van der Waals surface area (Å²) >= 11 is 1.31. The summed E-state index contributed by atoms with van der Waals surface area (Å²) in [5, 5.41) is 21.3. The molecular formula is C17H21N5O4S. The van der Waals surface area contributed by atoms with Crippen LogP contribution in [0.1, 0.15) is 29.4 Å². The van der Waals surface area contributed by atoms with Gasteiger partial charge >= 0.3 is 5.97 Å². The highest BCUT2D eigenvalue weighted by Crippen LogP contribution is 2.28. The highest BCUT2D eigenvalue weighted by Gasteiger charge is 2.16. The fourth-order valence-electron chi connectivity index (χ4n) is 2.31. The molecule has 0 aliphatic carbocycles. The number of carbonyl (C=O) groups excluding carboxylic acids is 2. The smallest absolute Gasteiger partial charge is 0.305 e. The molecule has 5 N–H and O–H groups in total. The van der Waals surface area contributed by atoms with Gasteiger partial charge in [0, 0.05) is 26.2 Å². The molecular weight excluding hydrogens is 370 g/mol. The molecule has 9 nitrogen and oxygen atoms in total. The van der Waals surface area contributed by atoms with Crippen LogP contribution in [-0.4, -0.2) is 41.5 Å². The van der Waals surface area contributed by atoms with E-state index in [9.17, 15) is 14.4 Å². The molecule has 2 amide bonds. The van der Waals surface area contributed by atoms with Crippen LogP contribution in [0.2, 0.25) is 0 Å². The number of carbonyl (C=O) groups is 3. The third-order valence-electron chi connectivity index (χ3n) is 3.49. The summed E-state index contributed by atoms with van der Waals surface area (Å²) in [5.41, 5.74) is 1.97. The van der Waals surface area contributed by atoms with Gasteiger partial charge in [-0.1, -0.05) is 11.3 Å². The minimum absolute atomic E-state index is 0.0467. The Bertz CT molecular complexity index is 865. The molecule has 0 unspecified atom stereocenters. The summed E-state index contributed by atoms with van der Waals surface area (Å²) in [4.78, 5) is 39.0. The number of nitrogens with one attached hydrogen (secondary N) is 4. The first-order valence-electron chi connectivity index (χ1n) is 8.14. The summed E-state index contributed by atoms with van der Waals surface area (Å²) < 4.78 is 0. The van der Waals surface area contributed by atoms with Crippen molar-refractivity contribution in [3.8, 4) is 0 Å². The van der Waals surface area contributed by atoms with Gasteiger partial charge in [0.1, 0.15) is 5.00 Å². The Morgan fingerprint density at radius 1 is 1.22 bits per heavy atom. The van der Waals surface area contributed by atoms with Gasteiger partial charge in [-0.05, 0) is 25.1 Å². The van der Waals surface area contributed by atoms with Crippen LogP contribution in [0.4, 0.5) is 21.5 Å². The second kappa shape index (κ2) is 8.99. The number of hydrogen-bond acceptors (Lipinski definition) is 7. The SMILES string of the molecule is CNc1sc(NC(=O)c2ccc(NCCC(=O)O)cc2NC(C)=O)nc1C. The zero-order valence-corrected chi connectivity index (χ0v) is 16.0. The molecule has 1 aromatic heterocycles. The quantitative estimate of drug-likeness (QED) is 0.467. The van der Waals surface area contributed by atoms with Crippen LogP contribution in [0, 0.1) is 6.92 Å². The number of aryl methyl sites for hydroxylation is 1. The molecule has 0 spiro atoms. The molecule has 0 saturated heterocycles. The van der Waals surface area contributed by atoms with Crippen molar-refractivity contribution >= 4 is 50.6 Å². The molecule has 1 heterocycles. The number of anilines is 4. The Balaban J connectivity index is 2.20. The number of thiazole rings is 1. The topological polar surface area (TPSA) is 132 Å². The average Bonchev–Trinajstić information content (AvgIpc) is 2.93. The Hall–Kier alpha value is -3.14. The van der Waals surface area contributed by atoms with E-state index in [0.29, 0.717) is 16.5 Å². The van der Waals surface area contributed by atoms with E-state index < -0.39 is 11.9 Å². The third-order valence-corrected chi connectivity index (χ3v) is 4.58. The van der Waals surface area contributed by atoms with Gasteiger partial charge in [-0.2, -0.15) is 0 Å². The first-order valence-corrected chi connectivity index (χ1v) is 8.95. The second-order valence-corrected chi connectivity index (χ2v) is 6.65. The minimum atomic E-state index is -0.916. The predicted octanol–water partition coefficient (Wildman–Crippen LogP) is 2.59. The van der Waals surface area contributed by atoms with Crippen molar-refractivity contribution in [3.63, 3.8) is 0 Å². The monoisotopic (exact) mass is 391 g/mol. The van der Waals surface area contributed by atoms with E-state index in [0.717, 1.165) is 10.7 Å². The zero-order valence-electron chi connectivity index (χ0n) is 15.2. The highest BCUT2D eigenvalue weighted by molar-refractivity contribution is 7.19. The van der Waals surface area contributed by atoms with Crippen LogP contribution in [0.25, 0.3) is 0 Å². The molecule has 0 bridgehead atoms. The van der Waals surface area contributed by atoms with Crippen molar-refractivity contribution in [1.82, 2.24) is 4.98 Å². The lowest BCUT2D eigenvalue weighted by Gasteiger charge is -2.12. The third kappa shape index (κ3) is 5.68. The van der Waals surface area contributed by atoms with Crippen LogP contribution >= 0.6 is 11.3 Å². The molecule has 0 fully saturated rings. The number of nitrogens with zero attached hydrogens (tertiary/aromatic N) is 1. The van der Waals surface area contributed by atoms with Crippen molar-refractivity contribution in [2.75, 3.05) is 34.9 Å². The molecule has 2 aromatic rings. The number of amides is 2. The van der Waals surface area contributed by atoms with E-state index in [1.165, 1.54) is 18.3 Å². The molecule has 0 aliphatic heterocycles. The predicted molar refractivity (Wildman–Crippen MR) is 106 cm³/mol. The average molecular weight is 391 g/mol.